The second kappa shape index (κ2) is 6.55. The fourth-order valence-corrected chi connectivity index (χ4v) is 2.83. The molecule has 1 aromatic carbocycles. The fourth-order valence-electron chi connectivity index (χ4n) is 1.52. The number of nitrogens with zero attached hydrogens (tertiary/aromatic N) is 1. The lowest BCUT2D eigenvalue weighted by atomic mass is 10.2. The number of thiophene rings is 1. The van der Waals surface area contributed by atoms with Gasteiger partial charge in [-0.15, -0.1) is 11.3 Å². The van der Waals surface area contributed by atoms with E-state index in [2.05, 4.69) is 15.9 Å². The number of hydrogen-bond acceptors (Lipinski definition) is 5. The molecule has 0 saturated heterocycles. The largest absolute Gasteiger partial charge is 0.497 e. The molecule has 4 nitrogen and oxygen atoms in total. The fraction of sp³-hybridized carbons (Fsp3) is 0.143. The number of ether oxygens (including phenoxy) is 2. The van der Waals surface area contributed by atoms with Gasteiger partial charge in [0.1, 0.15) is 11.5 Å². The quantitative estimate of drug-likeness (QED) is 0.771. The number of hydrogen-bond donors (Lipinski definition) is 0. The summed E-state index contributed by atoms with van der Waals surface area (Å²) in [4.78, 5) is 12.5. The lowest BCUT2D eigenvalue weighted by molar-refractivity contribution is 0.0925. The summed E-state index contributed by atoms with van der Waals surface area (Å²) in [7, 11) is 1.51. The highest BCUT2D eigenvalue weighted by Gasteiger charge is 2.10. The molecule has 20 heavy (non-hydrogen) atoms. The number of Topliss-reactive ketones (excluding diaryl/α,β-unsaturated/α-hetero) is 1. The van der Waals surface area contributed by atoms with Crippen molar-refractivity contribution in [3.05, 3.63) is 44.6 Å². The van der Waals surface area contributed by atoms with Crippen LogP contribution in [0, 0.1) is 11.3 Å². The first-order chi connectivity index (χ1) is 9.62. The van der Waals surface area contributed by atoms with Gasteiger partial charge in [-0.25, -0.2) is 0 Å². The van der Waals surface area contributed by atoms with E-state index >= 15 is 0 Å². The molecule has 2 aromatic rings. The maximum absolute atomic E-state index is 11.9. The molecule has 0 saturated carbocycles. The van der Waals surface area contributed by atoms with Gasteiger partial charge < -0.3 is 9.47 Å². The smallest absolute Gasteiger partial charge is 0.210 e. The normalized spacial score (nSPS) is 9.85. The topological polar surface area (TPSA) is 59.3 Å². The summed E-state index contributed by atoms with van der Waals surface area (Å²) in [6.45, 7) is -0.0784. The number of methoxy groups -OCH3 is 1. The number of nitriles is 1. The van der Waals surface area contributed by atoms with E-state index in [1.54, 1.807) is 24.3 Å². The molecule has 0 spiro atoms. The zero-order chi connectivity index (χ0) is 14.5. The van der Waals surface area contributed by atoms with Gasteiger partial charge in [-0.2, -0.15) is 5.26 Å². The van der Waals surface area contributed by atoms with Crippen LogP contribution in [-0.4, -0.2) is 19.5 Å². The molecule has 6 heteroatoms. The van der Waals surface area contributed by atoms with Crippen molar-refractivity contribution in [3.8, 4) is 17.6 Å². The second-order valence-corrected chi connectivity index (χ2v) is 6.29. The molecule has 0 aliphatic carbocycles. The molecule has 0 aliphatic heterocycles. The molecule has 0 bridgehead atoms. The Balaban J connectivity index is 2.07. The van der Waals surface area contributed by atoms with Crippen LogP contribution in [0.4, 0.5) is 0 Å². The second-order valence-electron chi connectivity index (χ2n) is 3.82. The zero-order valence-electron chi connectivity index (χ0n) is 10.6. The van der Waals surface area contributed by atoms with Crippen molar-refractivity contribution in [1.29, 1.82) is 5.26 Å². The van der Waals surface area contributed by atoms with Gasteiger partial charge >= 0.3 is 0 Å². The number of benzene rings is 1. The van der Waals surface area contributed by atoms with E-state index in [1.807, 2.05) is 12.1 Å². The van der Waals surface area contributed by atoms with Gasteiger partial charge in [0.15, 0.2) is 6.61 Å². The molecule has 2 rings (SSSR count). The predicted octanol–water partition coefficient (Wildman–Crippen LogP) is 3.65. The Morgan fingerprint density at radius 2 is 2.10 bits per heavy atom. The highest BCUT2D eigenvalue weighted by Crippen LogP contribution is 2.24. The lowest BCUT2D eigenvalue weighted by Crippen LogP contribution is -2.10. The van der Waals surface area contributed by atoms with Crippen LogP contribution in [0.3, 0.4) is 0 Å². The molecular weight excluding hydrogens is 342 g/mol. The van der Waals surface area contributed by atoms with Crippen LogP contribution >= 0.6 is 27.3 Å². The van der Waals surface area contributed by atoms with E-state index < -0.39 is 0 Å². The summed E-state index contributed by atoms with van der Waals surface area (Å²) in [5.41, 5.74) is 0.422. The van der Waals surface area contributed by atoms with Gasteiger partial charge in [-0.05, 0) is 40.2 Å². The number of carbonyl (C=O) groups is 1. The molecule has 0 fully saturated rings. The number of ketones is 1. The summed E-state index contributed by atoms with van der Waals surface area (Å²) in [5.74, 6) is 0.845. The van der Waals surface area contributed by atoms with E-state index in [9.17, 15) is 4.79 Å². The van der Waals surface area contributed by atoms with E-state index in [4.69, 9.17) is 14.7 Å². The van der Waals surface area contributed by atoms with Crippen molar-refractivity contribution in [3.63, 3.8) is 0 Å². The van der Waals surface area contributed by atoms with Crippen LogP contribution in [0.1, 0.15) is 15.2 Å². The van der Waals surface area contributed by atoms with Crippen molar-refractivity contribution in [2.24, 2.45) is 0 Å². The van der Waals surface area contributed by atoms with Crippen LogP contribution in [-0.2, 0) is 0 Å². The summed E-state index contributed by atoms with van der Waals surface area (Å²) >= 11 is 4.66. The Kier molecular flexibility index (Phi) is 4.77. The van der Waals surface area contributed by atoms with Gasteiger partial charge in [0.25, 0.3) is 0 Å². The highest BCUT2D eigenvalue weighted by molar-refractivity contribution is 9.11. The lowest BCUT2D eigenvalue weighted by Gasteiger charge is -2.07. The molecule has 0 atom stereocenters. The minimum atomic E-state index is -0.109. The maximum atomic E-state index is 11.9. The first kappa shape index (κ1) is 14.6. The molecule has 0 amide bonds. The molecule has 1 heterocycles. The van der Waals surface area contributed by atoms with E-state index in [0.29, 0.717) is 21.9 Å². The molecule has 0 radical (unpaired) electrons. The van der Waals surface area contributed by atoms with Crippen molar-refractivity contribution < 1.29 is 14.3 Å². The number of carbonyl (C=O) groups excluding carboxylic acids is 1. The molecule has 0 unspecified atom stereocenters. The predicted molar refractivity (Wildman–Crippen MR) is 79.6 cm³/mol. The molecule has 102 valence electrons. The van der Waals surface area contributed by atoms with Gasteiger partial charge in [0.2, 0.25) is 5.78 Å². The van der Waals surface area contributed by atoms with Gasteiger partial charge in [0, 0.05) is 6.07 Å². The Hall–Kier alpha value is -1.84. The average molecular weight is 352 g/mol. The summed E-state index contributed by atoms with van der Waals surface area (Å²) in [5, 5.41) is 8.91. The standard InChI is InChI=1S/C14H10BrNO3S/c1-18-10-4-9(7-16)5-11(6-10)19-8-12(17)13-2-3-14(15)20-13/h2-6H,8H2,1H3. The van der Waals surface area contributed by atoms with Crippen molar-refractivity contribution in [1.82, 2.24) is 0 Å². The summed E-state index contributed by atoms with van der Waals surface area (Å²) in [6.07, 6.45) is 0. The van der Waals surface area contributed by atoms with E-state index in [0.717, 1.165) is 3.79 Å². The third-order valence-corrected chi connectivity index (χ3v) is 4.13. The van der Waals surface area contributed by atoms with Crippen LogP contribution in [0.25, 0.3) is 0 Å². The first-order valence-electron chi connectivity index (χ1n) is 5.63. The van der Waals surface area contributed by atoms with Crippen LogP contribution in [0.5, 0.6) is 11.5 Å². The van der Waals surface area contributed by atoms with Crippen molar-refractivity contribution in [2.45, 2.75) is 0 Å². The van der Waals surface area contributed by atoms with E-state index in [1.165, 1.54) is 18.4 Å². The van der Waals surface area contributed by atoms with E-state index in [-0.39, 0.29) is 12.4 Å². The van der Waals surface area contributed by atoms with Crippen LogP contribution in [0.2, 0.25) is 0 Å². The Morgan fingerprint density at radius 1 is 1.35 bits per heavy atom. The zero-order valence-corrected chi connectivity index (χ0v) is 13.0. The summed E-state index contributed by atoms with van der Waals surface area (Å²) in [6, 6.07) is 10.4. The third-order valence-electron chi connectivity index (χ3n) is 2.46. The monoisotopic (exact) mass is 351 g/mol. The van der Waals surface area contributed by atoms with Gasteiger partial charge in [-0.3, -0.25) is 4.79 Å². The molecule has 0 aliphatic rings. The Morgan fingerprint density at radius 3 is 2.70 bits per heavy atom. The maximum Gasteiger partial charge on any atom is 0.210 e. The third kappa shape index (κ3) is 3.59. The SMILES string of the molecule is COc1cc(C#N)cc(OCC(=O)c2ccc(Br)s2)c1. The minimum absolute atomic E-state index is 0.0784. The minimum Gasteiger partial charge on any atom is -0.497 e. The molecule has 1 aromatic heterocycles. The average Bonchev–Trinajstić information content (AvgIpc) is 2.91. The Bertz CT molecular complexity index is 675. The molecule has 0 N–H and O–H groups in total. The van der Waals surface area contributed by atoms with Crippen LogP contribution in [0.15, 0.2) is 34.1 Å². The summed E-state index contributed by atoms with van der Waals surface area (Å²) < 4.78 is 11.4. The number of rotatable bonds is 5. The van der Waals surface area contributed by atoms with Gasteiger partial charge in [-0.1, -0.05) is 0 Å². The van der Waals surface area contributed by atoms with Crippen LogP contribution < -0.4 is 9.47 Å². The molecular formula is C14H10BrNO3S. The van der Waals surface area contributed by atoms with Gasteiger partial charge in [0.05, 0.1) is 27.4 Å². The first-order valence-corrected chi connectivity index (χ1v) is 7.24. The highest BCUT2D eigenvalue weighted by atomic mass is 79.9. The van der Waals surface area contributed by atoms with Crippen molar-refractivity contribution in [2.75, 3.05) is 13.7 Å². The Labute approximate surface area is 128 Å². The number of halogens is 1. The van der Waals surface area contributed by atoms with Crippen molar-refractivity contribution >= 4 is 33.0 Å².